The molecule has 0 heterocycles. The molecular weight excluding hydrogens is 208 g/mol. The van der Waals surface area contributed by atoms with Gasteiger partial charge in [-0.3, -0.25) is 0 Å². The maximum atomic E-state index is 5.41. The molecule has 0 radical (unpaired) electrons. The molecule has 0 saturated heterocycles. The fourth-order valence-corrected chi connectivity index (χ4v) is 1.79. The van der Waals surface area contributed by atoms with Gasteiger partial charge in [-0.05, 0) is 43.0 Å². The Labute approximate surface area is 103 Å². The molecule has 0 aliphatic heterocycles. The average Bonchev–Trinajstić information content (AvgIpc) is 2.40. The Morgan fingerprint density at radius 3 is 2.59 bits per heavy atom. The molecule has 0 fully saturated rings. The SMILES string of the molecule is CCOc1ccc(/C=C/C2=CCCC=C2)cc1. The van der Waals surface area contributed by atoms with Gasteiger partial charge in [-0.2, -0.15) is 0 Å². The van der Waals surface area contributed by atoms with Crippen LogP contribution in [0, 0.1) is 0 Å². The van der Waals surface area contributed by atoms with E-state index < -0.39 is 0 Å². The van der Waals surface area contributed by atoms with E-state index in [2.05, 4.69) is 42.5 Å². The minimum Gasteiger partial charge on any atom is -0.494 e. The molecule has 0 aromatic heterocycles. The van der Waals surface area contributed by atoms with Crippen molar-refractivity contribution >= 4 is 6.08 Å². The highest BCUT2D eigenvalue weighted by molar-refractivity contribution is 5.55. The molecule has 0 amide bonds. The lowest BCUT2D eigenvalue weighted by molar-refractivity contribution is 0.340. The molecule has 17 heavy (non-hydrogen) atoms. The van der Waals surface area contributed by atoms with E-state index in [1.54, 1.807) is 0 Å². The summed E-state index contributed by atoms with van der Waals surface area (Å²) in [7, 11) is 0. The van der Waals surface area contributed by atoms with Gasteiger partial charge in [-0.1, -0.05) is 42.5 Å². The Balaban J connectivity index is 2.00. The van der Waals surface area contributed by atoms with Crippen molar-refractivity contribution in [3.8, 4) is 5.75 Å². The van der Waals surface area contributed by atoms with E-state index in [1.165, 1.54) is 17.6 Å². The third-order valence-electron chi connectivity index (χ3n) is 2.68. The van der Waals surface area contributed by atoms with Crippen LogP contribution in [-0.4, -0.2) is 6.61 Å². The minimum atomic E-state index is 0.715. The highest BCUT2D eigenvalue weighted by Crippen LogP contribution is 2.15. The van der Waals surface area contributed by atoms with Gasteiger partial charge in [0.1, 0.15) is 5.75 Å². The highest BCUT2D eigenvalue weighted by Gasteiger charge is 1.94. The average molecular weight is 226 g/mol. The van der Waals surface area contributed by atoms with E-state index in [0.29, 0.717) is 6.61 Å². The minimum absolute atomic E-state index is 0.715. The van der Waals surface area contributed by atoms with Gasteiger partial charge in [0.15, 0.2) is 0 Å². The lowest BCUT2D eigenvalue weighted by atomic mass is 10.1. The normalized spacial score (nSPS) is 15.0. The first-order chi connectivity index (χ1) is 8.38. The number of hydrogen-bond donors (Lipinski definition) is 0. The van der Waals surface area contributed by atoms with Crippen molar-refractivity contribution in [2.45, 2.75) is 19.8 Å². The molecule has 1 aromatic carbocycles. The van der Waals surface area contributed by atoms with Crippen LogP contribution in [0.4, 0.5) is 0 Å². The molecule has 1 aliphatic rings. The summed E-state index contributed by atoms with van der Waals surface area (Å²) in [5.41, 5.74) is 2.50. The molecule has 0 atom stereocenters. The molecule has 0 N–H and O–H groups in total. The van der Waals surface area contributed by atoms with Crippen molar-refractivity contribution in [1.82, 2.24) is 0 Å². The summed E-state index contributed by atoms with van der Waals surface area (Å²) in [5, 5.41) is 0. The molecule has 0 saturated carbocycles. The fraction of sp³-hybridized carbons (Fsp3) is 0.250. The van der Waals surface area contributed by atoms with Crippen molar-refractivity contribution in [2.24, 2.45) is 0 Å². The van der Waals surface area contributed by atoms with Crippen molar-refractivity contribution in [1.29, 1.82) is 0 Å². The summed E-state index contributed by atoms with van der Waals surface area (Å²) in [6.07, 6.45) is 13.3. The standard InChI is InChI=1S/C16H18O/c1-2-17-16-12-10-15(11-13-16)9-8-14-6-4-3-5-7-14/h4,6-13H,2-3,5H2,1H3/b9-8+. The molecule has 2 rings (SSSR count). The molecule has 0 unspecified atom stereocenters. The van der Waals surface area contributed by atoms with Gasteiger partial charge < -0.3 is 4.74 Å². The van der Waals surface area contributed by atoms with E-state index in [4.69, 9.17) is 4.74 Å². The van der Waals surface area contributed by atoms with Crippen LogP contribution in [0.1, 0.15) is 25.3 Å². The zero-order valence-corrected chi connectivity index (χ0v) is 10.2. The smallest absolute Gasteiger partial charge is 0.119 e. The van der Waals surface area contributed by atoms with Gasteiger partial charge in [-0.25, -0.2) is 0 Å². The van der Waals surface area contributed by atoms with Crippen molar-refractivity contribution in [2.75, 3.05) is 6.61 Å². The molecule has 88 valence electrons. The summed E-state index contributed by atoms with van der Waals surface area (Å²) in [5.74, 6) is 0.932. The van der Waals surface area contributed by atoms with Crippen LogP contribution in [0.3, 0.4) is 0 Å². The highest BCUT2D eigenvalue weighted by atomic mass is 16.5. The van der Waals surface area contributed by atoms with E-state index >= 15 is 0 Å². The first kappa shape index (κ1) is 11.7. The molecule has 1 aliphatic carbocycles. The Bertz CT molecular complexity index is 435. The van der Waals surface area contributed by atoms with Gasteiger partial charge in [0.2, 0.25) is 0 Å². The largest absolute Gasteiger partial charge is 0.494 e. The van der Waals surface area contributed by atoms with E-state index in [-0.39, 0.29) is 0 Å². The van der Waals surface area contributed by atoms with E-state index in [0.717, 1.165) is 12.2 Å². The molecule has 1 aromatic rings. The Morgan fingerprint density at radius 2 is 1.94 bits per heavy atom. The first-order valence-corrected chi connectivity index (χ1v) is 6.16. The van der Waals surface area contributed by atoms with Gasteiger partial charge in [0.25, 0.3) is 0 Å². The Hall–Kier alpha value is -1.76. The summed E-state index contributed by atoms with van der Waals surface area (Å²) in [6, 6.07) is 8.17. The summed E-state index contributed by atoms with van der Waals surface area (Å²) in [4.78, 5) is 0. The predicted octanol–water partition coefficient (Wildman–Crippen LogP) is 4.37. The first-order valence-electron chi connectivity index (χ1n) is 6.16. The lowest BCUT2D eigenvalue weighted by Crippen LogP contribution is -1.90. The molecule has 0 spiro atoms. The Morgan fingerprint density at radius 1 is 1.12 bits per heavy atom. The third kappa shape index (κ3) is 3.63. The number of hydrogen-bond acceptors (Lipinski definition) is 1. The maximum absolute atomic E-state index is 5.41. The monoisotopic (exact) mass is 226 g/mol. The van der Waals surface area contributed by atoms with Crippen LogP contribution in [0.2, 0.25) is 0 Å². The van der Waals surface area contributed by atoms with Crippen LogP contribution in [0.15, 0.2) is 54.1 Å². The molecule has 1 heteroatoms. The topological polar surface area (TPSA) is 9.23 Å². The second kappa shape index (κ2) is 6.09. The fourth-order valence-electron chi connectivity index (χ4n) is 1.79. The molecular formula is C16H18O. The molecule has 0 bridgehead atoms. The van der Waals surface area contributed by atoms with Crippen LogP contribution in [0.5, 0.6) is 5.75 Å². The summed E-state index contributed by atoms with van der Waals surface area (Å²) < 4.78 is 5.41. The maximum Gasteiger partial charge on any atom is 0.119 e. The zero-order chi connectivity index (χ0) is 11.9. The van der Waals surface area contributed by atoms with Gasteiger partial charge in [0, 0.05) is 0 Å². The number of benzene rings is 1. The van der Waals surface area contributed by atoms with Crippen LogP contribution in [0.25, 0.3) is 6.08 Å². The number of rotatable bonds is 4. The van der Waals surface area contributed by atoms with Gasteiger partial charge in [0.05, 0.1) is 6.61 Å². The van der Waals surface area contributed by atoms with Crippen molar-refractivity contribution in [3.05, 3.63) is 59.7 Å². The predicted molar refractivity (Wildman–Crippen MR) is 73.1 cm³/mol. The van der Waals surface area contributed by atoms with E-state index in [9.17, 15) is 0 Å². The lowest BCUT2D eigenvalue weighted by Gasteiger charge is -2.03. The number of ether oxygens (including phenoxy) is 1. The van der Waals surface area contributed by atoms with E-state index in [1.807, 2.05) is 19.1 Å². The van der Waals surface area contributed by atoms with Crippen LogP contribution < -0.4 is 4.74 Å². The van der Waals surface area contributed by atoms with Gasteiger partial charge >= 0.3 is 0 Å². The summed E-state index contributed by atoms with van der Waals surface area (Å²) >= 11 is 0. The second-order valence-electron chi connectivity index (χ2n) is 4.02. The quantitative estimate of drug-likeness (QED) is 0.740. The third-order valence-corrected chi connectivity index (χ3v) is 2.68. The number of allylic oxidation sites excluding steroid dienone is 5. The van der Waals surface area contributed by atoms with Crippen molar-refractivity contribution in [3.63, 3.8) is 0 Å². The van der Waals surface area contributed by atoms with Crippen molar-refractivity contribution < 1.29 is 4.74 Å². The van der Waals surface area contributed by atoms with Crippen LogP contribution in [-0.2, 0) is 0 Å². The Kier molecular flexibility index (Phi) is 4.20. The molecule has 1 nitrogen and oxygen atoms in total. The second-order valence-corrected chi connectivity index (χ2v) is 4.02. The van der Waals surface area contributed by atoms with Gasteiger partial charge in [-0.15, -0.1) is 0 Å². The summed E-state index contributed by atoms with van der Waals surface area (Å²) in [6.45, 7) is 2.71. The van der Waals surface area contributed by atoms with Crippen LogP contribution >= 0.6 is 0 Å². The zero-order valence-electron chi connectivity index (χ0n) is 10.2.